The molecule has 0 aliphatic heterocycles. The van der Waals surface area contributed by atoms with Gasteiger partial charge in [-0.2, -0.15) is 0 Å². The Bertz CT molecular complexity index is 951. The van der Waals surface area contributed by atoms with Crippen molar-refractivity contribution in [2.45, 2.75) is 31.1 Å². The number of quaternary nitrogens is 1. The lowest BCUT2D eigenvalue weighted by Gasteiger charge is -2.25. The van der Waals surface area contributed by atoms with Crippen LogP contribution in [0.15, 0.2) is 82.8 Å². The summed E-state index contributed by atoms with van der Waals surface area (Å²) >= 11 is 1.52. The highest BCUT2D eigenvalue weighted by atomic mass is 32.1. The van der Waals surface area contributed by atoms with E-state index in [1.807, 2.05) is 60.8 Å². The second-order valence-electron chi connectivity index (χ2n) is 7.29. The number of benzene rings is 1. The number of furan rings is 1. The average molecular weight is 474 g/mol. The maximum Gasteiger partial charge on any atom is 0.328 e. The fourth-order valence-corrected chi connectivity index (χ4v) is 4.03. The maximum atomic E-state index is 11.2. The molecule has 8 nitrogen and oxygen atoms in total. The zero-order valence-electron chi connectivity index (χ0n) is 18.0. The summed E-state index contributed by atoms with van der Waals surface area (Å²) in [6, 6.07) is 17.1. The second-order valence-corrected chi connectivity index (χ2v) is 8.24. The zero-order valence-corrected chi connectivity index (χ0v) is 18.9. The van der Waals surface area contributed by atoms with Gasteiger partial charge >= 0.3 is 5.97 Å². The summed E-state index contributed by atoms with van der Waals surface area (Å²) in [5.41, 5.74) is -0.225. The number of carbonyl (C=O) groups excluding carboxylic acids is 1. The van der Waals surface area contributed by atoms with E-state index in [9.17, 15) is 24.9 Å². The molecule has 2 heterocycles. The molecule has 5 N–H and O–H groups in total. The molecule has 176 valence electrons. The molecule has 3 atom stereocenters. The first-order valence-corrected chi connectivity index (χ1v) is 11.1. The molecule has 0 bridgehead atoms. The molecule has 2 aromatic heterocycles. The van der Waals surface area contributed by atoms with Crippen molar-refractivity contribution in [3.63, 3.8) is 0 Å². The molecular weight excluding hydrogens is 446 g/mol. The normalized spacial score (nSPS) is 14.6. The number of carbonyl (C=O) groups is 2. The Labute approximate surface area is 195 Å². The van der Waals surface area contributed by atoms with Crippen LogP contribution in [-0.2, 0) is 15.2 Å². The van der Waals surface area contributed by atoms with E-state index in [4.69, 9.17) is 9.52 Å². The molecule has 0 aliphatic rings. The Hall–Kier alpha value is -3.24. The van der Waals surface area contributed by atoms with Gasteiger partial charge in [-0.3, -0.25) is 0 Å². The minimum absolute atomic E-state index is 0.00779. The monoisotopic (exact) mass is 473 g/mol. The lowest BCUT2D eigenvalue weighted by molar-refractivity contribution is -0.696. The van der Waals surface area contributed by atoms with Crippen molar-refractivity contribution < 1.29 is 39.7 Å². The standard InChI is InChI=1S/C20H23NO3S.C4H4O4/c1-15(19(22)16-7-3-2-4-8-16)21-12-11-20(23,17-9-5-13-24-17)18-10-6-14-25-18;5-3(6)1-2-4(7)8/h2-10,13-15,19,21-23H,11-12H2,1H3;1-2H,(H,5,6)(H,7,8)/b;2-1+. The molecule has 0 amide bonds. The van der Waals surface area contributed by atoms with Crippen molar-refractivity contribution >= 4 is 23.3 Å². The van der Waals surface area contributed by atoms with Gasteiger partial charge in [0.1, 0.15) is 17.9 Å². The van der Waals surface area contributed by atoms with Crippen LogP contribution in [0.2, 0.25) is 0 Å². The third-order valence-corrected chi connectivity index (χ3v) is 5.92. The molecule has 0 spiro atoms. The van der Waals surface area contributed by atoms with E-state index < -0.39 is 23.6 Å². The minimum Gasteiger partial charge on any atom is -0.545 e. The average Bonchev–Trinajstić information content (AvgIpc) is 3.53. The van der Waals surface area contributed by atoms with E-state index in [0.29, 0.717) is 30.9 Å². The van der Waals surface area contributed by atoms with E-state index in [-0.39, 0.29) is 6.04 Å². The van der Waals surface area contributed by atoms with E-state index in [1.54, 1.807) is 12.3 Å². The smallest absolute Gasteiger partial charge is 0.328 e. The van der Waals surface area contributed by atoms with Crippen molar-refractivity contribution in [1.29, 1.82) is 0 Å². The Morgan fingerprint density at radius 3 is 2.39 bits per heavy atom. The molecule has 3 aromatic rings. The SMILES string of the molecule is CC([NH2+]CCC(O)(c1ccco1)c1cccs1)C(O)c1ccccc1.O=C([O-])/C=C/C(=O)O. The van der Waals surface area contributed by atoms with Crippen molar-refractivity contribution in [3.05, 3.63) is 94.6 Å². The minimum atomic E-state index is -1.51. The number of hydrogen-bond acceptors (Lipinski definition) is 7. The van der Waals surface area contributed by atoms with Crippen LogP contribution in [0.1, 0.15) is 35.6 Å². The molecule has 1 aromatic carbocycles. The van der Waals surface area contributed by atoms with E-state index >= 15 is 0 Å². The molecule has 0 saturated heterocycles. The van der Waals surface area contributed by atoms with Gasteiger partial charge in [-0.15, -0.1) is 11.3 Å². The Kier molecular flexibility index (Phi) is 10.0. The molecule has 33 heavy (non-hydrogen) atoms. The van der Waals surface area contributed by atoms with Crippen LogP contribution in [-0.4, -0.2) is 39.8 Å². The van der Waals surface area contributed by atoms with Crippen molar-refractivity contribution in [1.82, 2.24) is 0 Å². The molecule has 0 aliphatic carbocycles. The van der Waals surface area contributed by atoms with Crippen LogP contribution in [0.25, 0.3) is 0 Å². The van der Waals surface area contributed by atoms with Gasteiger partial charge in [0, 0.05) is 17.4 Å². The van der Waals surface area contributed by atoms with Crippen LogP contribution in [0, 0.1) is 0 Å². The maximum absolute atomic E-state index is 11.2. The predicted octanol–water partition coefficient (Wildman–Crippen LogP) is 1.03. The Morgan fingerprint density at radius 1 is 1.15 bits per heavy atom. The van der Waals surface area contributed by atoms with Gasteiger partial charge in [0.15, 0.2) is 5.60 Å². The summed E-state index contributed by atoms with van der Waals surface area (Å²) in [6.07, 6.45) is 2.49. The second kappa shape index (κ2) is 12.7. The highest BCUT2D eigenvalue weighted by molar-refractivity contribution is 7.10. The zero-order chi connectivity index (χ0) is 24.3. The van der Waals surface area contributed by atoms with Crippen molar-refractivity contribution in [2.24, 2.45) is 0 Å². The van der Waals surface area contributed by atoms with Gasteiger partial charge in [-0.1, -0.05) is 36.4 Å². The van der Waals surface area contributed by atoms with Gasteiger partial charge < -0.3 is 35.0 Å². The summed E-state index contributed by atoms with van der Waals surface area (Å²) in [7, 11) is 0. The lowest BCUT2D eigenvalue weighted by Crippen LogP contribution is -2.90. The number of carboxylic acid groups (broad SMARTS) is 2. The third kappa shape index (κ3) is 7.99. The van der Waals surface area contributed by atoms with Crippen LogP contribution in [0.3, 0.4) is 0 Å². The van der Waals surface area contributed by atoms with Gasteiger partial charge in [-0.05, 0) is 42.1 Å². The molecular formula is C24H27NO7S. The largest absolute Gasteiger partial charge is 0.545 e. The summed E-state index contributed by atoms with van der Waals surface area (Å²) < 4.78 is 5.49. The summed E-state index contributed by atoms with van der Waals surface area (Å²) in [5, 5.41) is 43.0. The first-order valence-electron chi connectivity index (χ1n) is 10.2. The van der Waals surface area contributed by atoms with E-state index in [1.165, 1.54) is 11.3 Å². The van der Waals surface area contributed by atoms with E-state index in [2.05, 4.69) is 5.32 Å². The van der Waals surface area contributed by atoms with Gasteiger partial charge in [0.2, 0.25) is 0 Å². The summed E-state index contributed by atoms with van der Waals surface area (Å²) in [5.74, 6) is -2.25. The topological polar surface area (TPSA) is 148 Å². The number of aliphatic hydroxyl groups excluding tert-OH is 1. The summed E-state index contributed by atoms with van der Waals surface area (Å²) in [4.78, 5) is 19.8. The first-order chi connectivity index (χ1) is 15.7. The van der Waals surface area contributed by atoms with E-state index in [0.717, 1.165) is 10.4 Å². The molecule has 0 radical (unpaired) electrons. The first kappa shape index (κ1) is 26.0. The molecule has 9 heteroatoms. The van der Waals surface area contributed by atoms with Crippen LogP contribution < -0.4 is 10.4 Å². The number of rotatable bonds is 10. The summed E-state index contributed by atoms with van der Waals surface area (Å²) in [6.45, 7) is 2.66. The molecule has 3 rings (SSSR count). The lowest BCUT2D eigenvalue weighted by atomic mass is 9.94. The van der Waals surface area contributed by atoms with Gasteiger partial charge in [-0.25, -0.2) is 4.79 Å². The van der Waals surface area contributed by atoms with Crippen LogP contribution in [0.5, 0.6) is 0 Å². The molecule has 3 unspecified atom stereocenters. The predicted molar refractivity (Wildman–Crippen MR) is 120 cm³/mol. The van der Waals surface area contributed by atoms with Crippen molar-refractivity contribution in [2.75, 3.05) is 6.54 Å². The molecule has 0 fully saturated rings. The quantitative estimate of drug-likeness (QED) is 0.322. The van der Waals surface area contributed by atoms with Crippen LogP contribution >= 0.6 is 11.3 Å². The highest BCUT2D eigenvalue weighted by Gasteiger charge is 2.36. The number of nitrogens with two attached hydrogens (primary N) is 1. The van der Waals surface area contributed by atoms with Crippen molar-refractivity contribution in [3.8, 4) is 0 Å². The number of carboxylic acids is 2. The van der Waals surface area contributed by atoms with Gasteiger partial charge in [0.05, 0.1) is 18.8 Å². The highest BCUT2D eigenvalue weighted by Crippen LogP contribution is 2.35. The fraction of sp³-hybridized carbons (Fsp3) is 0.250. The number of hydrogen-bond donors (Lipinski definition) is 4. The number of thiophene rings is 1. The Balaban J connectivity index is 0.000000414. The van der Waals surface area contributed by atoms with Gasteiger partial charge in [0.25, 0.3) is 0 Å². The third-order valence-electron chi connectivity index (χ3n) is 4.90. The number of aliphatic carboxylic acids is 2. The Morgan fingerprint density at radius 2 is 1.88 bits per heavy atom. The molecule has 0 saturated carbocycles. The number of aliphatic hydroxyl groups is 2. The van der Waals surface area contributed by atoms with Crippen LogP contribution in [0.4, 0.5) is 0 Å². The fourth-order valence-electron chi connectivity index (χ4n) is 3.17.